The minimum Gasteiger partial charge on any atom is -0.398 e. The van der Waals surface area contributed by atoms with Gasteiger partial charge in [-0.2, -0.15) is 0 Å². The van der Waals surface area contributed by atoms with Crippen LogP contribution in [0.15, 0.2) is 23.1 Å². The average Bonchev–Trinajstić information content (AvgIpc) is 2.21. The van der Waals surface area contributed by atoms with E-state index in [1.807, 2.05) is 0 Å². The summed E-state index contributed by atoms with van der Waals surface area (Å²) >= 11 is 0. The Morgan fingerprint density at radius 2 is 2.24 bits per heavy atom. The summed E-state index contributed by atoms with van der Waals surface area (Å²) in [4.78, 5) is 23.1. The lowest BCUT2D eigenvalue weighted by Gasteiger charge is -2.33. The Bertz CT molecular complexity index is 475. The molecule has 5 heteroatoms. The Morgan fingerprint density at radius 3 is 2.88 bits per heavy atom. The third-order valence-electron chi connectivity index (χ3n) is 3.06. The van der Waals surface area contributed by atoms with Crippen molar-refractivity contribution in [2.45, 2.75) is 32.4 Å². The quantitative estimate of drug-likeness (QED) is 0.793. The van der Waals surface area contributed by atoms with E-state index in [1.165, 1.54) is 22.9 Å². The fourth-order valence-electron chi connectivity index (χ4n) is 2.12. The Balaban J connectivity index is 1.93. The zero-order valence-electron chi connectivity index (χ0n) is 9.85. The molecule has 1 fully saturated rings. The number of carbonyl (C=O) groups excluding carboxylic acids is 1. The van der Waals surface area contributed by atoms with Gasteiger partial charge in [0.2, 0.25) is 5.91 Å². The summed E-state index contributed by atoms with van der Waals surface area (Å²) < 4.78 is 1.33. The number of hydrogen-bond donors (Lipinski definition) is 2. The van der Waals surface area contributed by atoms with Crippen LogP contribution in [0.5, 0.6) is 0 Å². The molecule has 0 aromatic carbocycles. The minimum absolute atomic E-state index is 0.0365. The molecular weight excluding hydrogens is 218 g/mol. The highest BCUT2D eigenvalue weighted by molar-refractivity contribution is 5.76. The first-order chi connectivity index (χ1) is 8.04. The van der Waals surface area contributed by atoms with Crippen LogP contribution >= 0.6 is 0 Å². The van der Waals surface area contributed by atoms with E-state index in [-0.39, 0.29) is 24.1 Å². The third kappa shape index (κ3) is 2.87. The summed E-state index contributed by atoms with van der Waals surface area (Å²) in [5, 5.41) is 2.90. The lowest BCUT2D eigenvalue weighted by molar-refractivity contribution is -0.123. The van der Waals surface area contributed by atoms with E-state index in [9.17, 15) is 9.59 Å². The maximum absolute atomic E-state index is 11.7. The molecule has 0 radical (unpaired) electrons. The van der Waals surface area contributed by atoms with Crippen LogP contribution in [0.25, 0.3) is 0 Å². The number of pyridine rings is 1. The zero-order valence-corrected chi connectivity index (χ0v) is 9.85. The molecule has 0 aliphatic heterocycles. The van der Waals surface area contributed by atoms with Gasteiger partial charge in [0, 0.05) is 24.0 Å². The van der Waals surface area contributed by atoms with Crippen molar-refractivity contribution < 1.29 is 4.79 Å². The summed E-state index contributed by atoms with van der Waals surface area (Å²) in [5.41, 5.74) is 5.84. The molecule has 0 unspecified atom stereocenters. The molecule has 5 nitrogen and oxygen atoms in total. The standard InChI is InChI=1S/C12H17N3O2/c1-8-4-10(5-8)14-11(16)7-15-6-9(13)2-3-12(15)17/h2-3,6,8,10H,4-5,7,13H2,1H3,(H,14,16). The molecule has 1 amide bonds. The molecule has 0 atom stereocenters. The van der Waals surface area contributed by atoms with Gasteiger partial charge in [-0.1, -0.05) is 6.92 Å². The Kier molecular flexibility index (Phi) is 3.17. The number of amides is 1. The molecule has 2 rings (SSSR count). The van der Waals surface area contributed by atoms with Gasteiger partial charge in [-0.25, -0.2) is 0 Å². The van der Waals surface area contributed by atoms with Crippen molar-refractivity contribution in [1.82, 2.24) is 9.88 Å². The van der Waals surface area contributed by atoms with Gasteiger partial charge in [0.05, 0.1) is 0 Å². The number of nitrogen functional groups attached to an aromatic ring is 1. The van der Waals surface area contributed by atoms with Crippen molar-refractivity contribution in [3.05, 3.63) is 28.7 Å². The highest BCUT2D eigenvalue weighted by atomic mass is 16.2. The van der Waals surface area contributed by atoms with E-state index in [2.05, 4.69) is 12.2 Å². The van der Waals surface area contributed by atoms with Gasteiger partial charge in [0.1, 0.15) is 6.54 Å². The van der Waals surface area contributed by atoms with Gasteiger partial charge in [-0.3, -0.25) is 9.59 Å². The van der Waals surface area contributed by atoms with Gasteiger partial charge in [0.25, 0.3) is 5.56 Å². The summed E-state index contributed by atoms with van der Waals surface area (Å²) in [7, 11) is 0. The van der Waals surface area contributed by atoms with Gasteiger partial charge in [0.15, 0.2) is 0 Å². The van der Waals surface area contributed by atoms with E-state index >= 15 is 0 Å². The molecule has 1 aliphatic rings. The summed E-state index contributed by atoms with van der Waals surface area (Å²) in [5.74, 6) is 0.560. The highest BCUT2D eigenvalue weighted by Crippen LogP contribution is 2.26. The van der Waals surface area contributed by atoms with Crippen LogP contribution in [0.1, 0.15) is 19.8 Å². The van der Waals surface area contributed by atoms with Crippen LogP contribution in [0.2, 0.25) is 0 Å². The average molecular weight is 235 g/mol. The molecule has 1 aliphatic carbocycles. The van der Waals surface area contributed by atoms with Crippen molar-refractivity contribution in [1.29, 1.82) is 0 Å². The second-order valence-electron chi connectivity index (χ2n) is 4.77. The molecule has 1 aromatic heterocycles. The number of nitrogens with two attached hydrogens (primary N) is 1. The zero-order chi connectivity index (χ0) is 12.4. The van der Waals surface area contributed by atoms with Crippen LogP contribution in [0.4, 0.5) is 5.69 Å². The molecule has 3 N–H and O–H groups in total. The predicted octanol–water partition coefficient (Wildman–Crippen LogP) is 0.345. The second kappa shape index (κ2) is 4.61. The van der Waals surface area contributed by atoms with E-state index < -0.39 is 0 Å². The van der Waals surface area contributed by atoms with Gasteiger partial charge in [-0.05, 0) is 24.8 Å². The topological polar surface area (TPSA) is 77.1 Å². The number of rotatable bonds is 3. The van der Waals surface area contributed by atoms with E-state index in [1.54, 1.807) is 0 Å². The first kappa shape index (κ1) is 11.7. The fraction of sp³-hybridized carbons (Fsp3) is 0.500. The van der Waals surface area contributed by atoms with E-state index in [4.69, 9.17) is 5.73 Å². The molecule has 1 heterocycles. The van der Waals surface area contributed by atoms with Crippen LogP contribution in [0, 0.1) is 5.92 Å². The Labute approximate surface area is 99.6 Å². The normalized spacial score (nSPS) is 22.9. The van der Waals surface area contributed by atoms with E-state index in [0.29, 0.717) is 11.6 Å². The van der Waals surface area contributed by atoms with Crippen LogP contribution in [0.3, 0.4) is 0 Å². The summed E-state index contributed by atoms with van der Waals surface area (Å²) in [6.45, 7) is 2.19. The smallest absolute Gasteiger partial charge is 0.251 e. The number of nitrogens with one attached hydrogen (secondary N) is 1. The van der Waals surface area contributed by atoms with Crippen molar-refractivity contribution in [2.75, 3.05) is 5.73 Å². The lowest BCUT2D eigenvalue weighted by Crippen LogP contribution is -2.45. The van der Waals surface area contributed by atoms with Crippen molar-refractivity contribution in [2.24, 2.45) is 5.92 Å². The lowest BCUT2D eigenvalue weighted by atomic mass is 9.82. The minimum atomic E-state index is -0.212. The number of aromatic nitrogens is 1. The first-order valence-corrected chi connectivity index (χ1v) is 5.80. The molecule has 1 aromatic rings. The Morgan fingerprint density at radius 1 is 1.53 bits per heavy atom. The molecule has 17 heavy (non-hydrogen) atoms. The van der Waals surface area contributed by atoms with Gasteiger partial charge < -0.3 is 15.6 Å². The molecule has 0 spiro atoms. The highest BCUT2D eigenvalue weighted by Gasteiger charge is 2.26. The third-order valence-corrected chi connectivity index (χ3v) is 3.06. The number of nitrogens with zero attached hydrogens (tertiary/aromatic N) is 1. The summed E-state index contributed by atoms with van der Waals surface area (Å²) in [6.07, 6.45) is 3.54. The SMILES string of the molecule is CC1CC(NC(=O)Cn2cc(N)ccc2=O)C1. The summed E-state index contributed by atoms with van der Waals surface area (Å²) in [6, 6.07) is 3.17. The molecule has 0 saturated heterocycles. The van der Waals surface area contributed by atoms with Crippen LogP contribution in [-0.4, -0.2) is 16.5 Å². The number of hydrogen-bond acceptors (Lipinski definition) is 3. The fourth-order valence-corrected chi connectivity index (χ4v) is 2.12. The monoisotopic (exact) mass is 235 g/mol. The molecule has 0 bridgehead atoms. The van der Waals surface area contributed by atoms with Crippen LogP contribution in [-0.2, 0) is 11.3 Å². The van der Waals surface area contributed by atoms with Gasteiger partial charge in [-0.15, -0.1) is 0 Å². The Hall–Kier alpha value is -1.78. The molecule has 1 saturated carbocycles. The second-order valence-corrected chi connectivity index (χ2v) is 4.77. The molecule has 92 valence electrons. The first-order valence-electron chi connectivity index (χ1n) is 5.80. The van der Waals surface area contributed by atoms with E-state index in [0.717, 1.165) is 12.8 Å². The maximum Gasteiger partial charge on any atom is 0.251 e. The largest absolute Gasteiger partial charge is 0.398 e. The molecular formula is C12H17N3O2. The number of anilines is 1. The number of carbonyl (C=O) groups is 1. The maximum atomic E-state index is 11.7. The van der Waals surface area contributed by atoms with Crippen LogP contribution < -0.4 is 16.6 Å². The van der Waals surface area contributed by atoms with Crippen molar-refractivity contribution >= 4 is 11.6 Å². The van der Waals surface area contributed by atoms with Crippen molar-refractivity contribution in [3.8, 4) is 0 Å². The van der Waals surface area contributed by atoms with Gasteiger partial charge >= 0.3 is 0 Å². The van der Waals surface area contributed by atoms with Crippen molar-refractivity contribution in [3.63, 3.8) is 0 Å². The predicted molar refractivity (Wildman–Crippen MR) is 65.4 cm³/mol.